The van der Waals surface area contributed by atoms with Crippen molar-refractivity contribution >= 4 is 26.0 Å². The molecular formula is C18H17BrN2O2S. The first-order chi connectivity index (χ1) is 11.5. The number of aromatic nitrogens is 1. The molecule has 0 aliphatic carbocycles. The van der Waals surface area contributed by atoms with Crippen molar-refractivity contribution in [1.82, 2.24) is 9.29 Å². The van der Waals surface area contributed by atoms with Gasteiger partial charge in [0.25, 0.3) is 0 Å². The van der Waals surface area contributed by atoms with Crippen LogP contribution in [-0.4, -0.2) is 13.0 Å². The van der Waals surface area contributed by atoms with E-state index in [0.717, 1.165) is 10.2 Å². The summed E-state index contributed by atoms with van der Waals surface area (Å²) in [5, 5.41) is 0. The quantitative estimate of drug-likeness (QED) is 0.679. The second-order valence-corrected chi connectivity index (χ2v) is 8.07. The number of rotatable bonds is 6. The van der Waals surface area contributed by atoms with Gasteiger partial charge < -0.3 is 4.57 Å². The van der Waals surface area contributed by atoms with Gasteiger partial charge >= 0.3 is 0 Å². The van der Waals surface area contributed by atoms with E-state index in [1.165, 1.54) is 5.56 Å². The van der Waals surface area contributed by atoms with E-state index >= 15 is 0 Å². The zero-order valence-corrected chi connectivity index (χ0v) is 15.3. The summed E-state index contributed by atoms with van der Waals surface area (Å²) in [6.45, 7) is 0.960. The lowest BCUT2D eigenvalue weighted by Gasteiger charge is -2.11. The first-order valence-electron chi connectivity index (χ1n) is 7.48. The molecule has 124 valence electrons. The molecule has 1 heterocycles. The summed E-state index contributed by atoms with van der Waals surface area (Å²) in [4.78, 5) is 0.256. The molecule has 0 aliphatic heterocycles. The molecule has 0 saturated heterocycles. The van der Waals surface area contributed by atoms with Gasteiger partial charge in [-0.25, -0.2) is 13.1 Å². The molecule has 0 aliphatic rings. The minimum atomic E-state index is -3.53. The smallest absolute Gasteiger partial charge is 0.240 e. The Labute approximate surface area is 150 Å². The summed E-state index contributed by atoms with van der Waals surface area (Å²) in [5.41, 5.74) is 2.09. The molecule has 2 aromatic carbocycles. The molecule has 24 heavy (non-hydrogen) atoms. The second-order valence-electron chi connectivity index (χ2n) is 5.39. The lowest BCUT2D eigenvalue weighted by molar-refractivity contribution is 0.578. The topological polar surface area (TPSA) is 51.1 Å². The fraction of sp³-hybridized carbons (Fsp3) is 0.111. The van der Waals surface area contributed by atoms with Crippen molar-refractivity contribution in [3.05, 3.63) is 88.7 Å². The lowest BCUT2D eigenvalue weighted by atomic mass is 10.2. The largest absolute Gasteiger partial charge is 0.346 e. The maximum atomic E-state index is 12.4. The Hall–Kier alpha value is -1.89. The number of nitrogens with zero attached hydrogens (tertiary/aromatic N) is 1. The average Bonchev–Trinajstić information content (AvgIpc) is 3.02. The van der Waals surface area contributed by atoms with Crippen LogP contribution in [0.25, 0.3) is 0 Å². The Bertz CT molecular complexity index is 904. The van der Waals surface area contributed by atoms with Crippen molar-refractivity contribution in [3.8, 4) is 0 Å². The monoisotopic (exact) mass is 404 g/mol. The van der Waals surface area contributed by atoms with Crippen LogP contribution in [0.5, 0.6) is 0 Å². The third-order valence-electron chi connectivity index (χ3n) is 3.69. The van der Waals surface area contributed by atoms with Crippen LogP contribution in [0.2, 0.25) is 0 Å². The normalized spacial score (nSPS) is 11.5. The molecule has 0 fully saturated rings. The number of hydrogen-bond donors (Lipinski definition) is 1. The summed E-state index contributed by atoms with van der Waals surface area (Å²) in [7, 11) is -3.53. The van der Waals surface area contributed by atoms with E-state index in [4.69, 9.17) is 0 Å². The highest BCUT2D eigenvalue weighted by Crippen LogP contribution is 2.15. The van der Waals surface area contributed by atoms with Crippen molar-refractivity contribution < 1.29 is 8.42 Å². The van der Waals surface area contributed by atoms with E-state index in [-0.39, 0.29) is 11.4 Å². The van der Waals surface area contributed by atoms with Crippen molar-refractivity contribution in [2.24, 2.45) is 0 Å². The molecule has 4 nitrogen and oxygen atoms in total. The number of nitrogens with one attached hydrogen (secondary N) is 1. The Morgan fingerprint density at radius 3 is 2.33 bits per heavy atom. The van der Waals surface area contributed by atoms with Crippen LogP contribution in [0.4, 0.5) is 0 Å². The predicted molar refractivity (Wildman–Crippen MR) is 98.1 cm³/mol. The molecule has 0 atom stereocenters. The van der Waals surface area contributed by atoms with Crippen LogP contribution in [0.3, 0.4) is 0 Å². The number of benzene rings is 2. The standard InChI is InChI=1S/C18H17BrN2O2S/c19-16-8-10-18(11-9-16)24(22,23)20-13-17-7-4-12-21(17)14-15-5-2-1-3-6-15/h1-12,20H,13-14H2. The highest BCUT2D eigenvalue weighted by Gasteiger charge is 2.14. The molecule has 1 N–H and O–H groups in total. The second kappa shape index (κ2) is 7.34. The number of hydrogen-bond acceptors (Lipinski definition) is 2. The van der Waals surface area contributed by atoms with E-state index in [0.29, 0.717) is 6.54 Å². The lowest BCUT2D eigenvalue weighted by Crippen LogP contribution is -2.24. The van der Waals surface area contributed by atoms with E-state index in [2.05, 4.69) is 32.8 Å². The maximum absolute atomic E-state index is 12.4. The molecule has 3 aromatic rings. The third kappa shape index (κ3) is 4.14. The Morgan fingerprint density at radius 1 is 0.917 bits per heavy atom. The molecule has 0 unspecified atom stereocenters. The Balaban J connectivity index is 1.71. The van der Waals surface area contributed by atoms with Gasteiger partial charge in [-0.15, -0.1) is 0 Å². The van der Waals surface area contributed by atoms with Crippen molar-refractivity contribution in [2.45, 2.75) is 18.0 Å². The molecule has 0 saturated carbocycles. The van der Waals surface area contributed by atoms with Crippen LogP contribution in [0.15, 0.2) is 82.3 Å². The molecular weight excluding hydrogens is 388 g/mol. The summed E-state index contributed by atoms with van der Waals surface area (Å²) in [6, 6.07) is 20.5. The van der Waals surface area contributed by atoms with Crippen LogP contribution in [0.1, 0.15) is 11.3 Å². The van der Waals surface area contributed by atoms with Gasteiger partial charge in [0.2, 0.25) is 10.0 Å². The fourth-order valence-electron chi connectivity index (χ4n) is 2.41. The zero-order valence-electron chi connectivity index (χ0n) is 12.9. The van der Waals surface area contributed by atoms with Gasteiger partial charge in [-0.2, -0.15) is 0 Å². The summed E-state index contributed by atoms with van der Waals surface area (Å²) >= 11 is 3.31. The molecule has 1 aromatic heterocycles. The number of sulfonamides is 1. The third-order valence-corrected chi connectivity index (χ3v) is 5.63. The van der Waals surface area contributed by atoms with Gasteiger partial charge in [0.05, 0.1) is 11.4 Å². The maximum Gasteiger partial charge on any atom is 0.240 e. The van der Waals surface area contributed by atoms with Crippen LogP contribution >= 0.6 is 15.9 Å². The number of halogens is 1. The van der Waals surface area contributed by atoms with E-state index in [9.17, 15) is 8.42 Å². The highest BCUT2D eigenvalue weighted by atomic mass is 79.9. The SMILES string of the molecule is O=S(=O)(NCc1cccn1Cc1ccccc1)c1ccc(Br)cc1. The van der Waals surface area contributed by atoms with Crippen LogP contribution < -0.4 is 4.72 Å². The van der Waals surface area contributed by atoms with Gasteiger partial charge in [0, 0.05) is 22.9 Å². The van der Waals surface area contributed by atoms with Crippen LogP contribution in [0, 0.1) is 0 Å². The molecule has 0 amide bonds. The van der Waals surface area contributed by atoms with Gasteiger partial charge in [-0.05, 0) is 42.0 Å². The first kappa shape index (κ1) is 17.0. The molecule has 3 rings (SSSR count). The minimum Gasteiger partial charge on any atom is -0.346 e. The summed E-state index contributed by atoms with van der Waals surface area (Å²) in [5.74, 6) is 0. The van der Waals surface area contributed by atoms with Crippen molar-refractivity contribution in [3.63, 3.8) is 0 Å². The minimum absolute atomic E-state index is 0.248. The van der Waals surface area contributed by atoms with Crippen LogP contribution in [-0.2, 0) is 23.1 Å². The zero-order chi connectivity index (χ0) is 17.0. The summed E-state index contributed by atoms with van der Waals surface area (Å²) in [6.07, 6.45) is 1.95. The molecule has 0 spiro atoms. The van der Waals surface area contributed by atoms with Gasteiger partial charge in [0.1, 0.15) is 0 Å². The van der Waals surface area contributed by atoms with E-state index in [1.807, 2.05) is 41.1 Å². The summed E-state index contributed by atoms with van der Waals surface area (Å²) < 4.78 is 30.3. The van der Waals surface area contributed by atoms with Gasteiger partial charge in [-0.3, -0.25) is 0 Å². The van der Waals surface area contributed by atoms with E-state index < -0.39 is 10.0 Å². The first-order valence-corrected chi connectivity index (χ1v) is 9.75. The molecule has 6 heteroatoms. The van der Waals surface area contributed by atoms with Gasteiger partial charge in [-0.1, -0.05) is 46.3 Å². The fourth-order valence-corrected chi connectivity index (χ4v) is 3.67. The predicted octanol–water partition coefficient (Wildman–Crippen LogP) is 3.78. The highest BCUT2D eigenvalue weighted by molar-refractivity contribution is 9.10. The molecule has 0 radical (unpaired) electrons. The van der Waals surface area contributed by atoms with Gasteiger partial charge in [0.15, 0.2) is 0 Å². The average molecular weight is 405 g/mol. The van der Waals surface area contributed by atoms with Crippen molar-refractivity contribution in [1.29, 1.82) is 0 Å². The molecule has 0 bridgehead atoms. The Morgan fingerprint density at radius 2 is 1.62 bits per heavy atom. The Kier molecular flexibility index (Phi) is 5.18. The van der Waals surface area contributed by atoms with E-state index in [1.54, 1.807) is 24.3 Å². The van der Waals surface area contributed by atoms with Crippen molar-refractivity contribution in [2.75, 3.05) is 0 Å².